The van der Waals surface area contributed by atoms with E-state index < -0.39 is 6.36 Å². The number of nitrogens with zero attached hydrogens (tertiary/aromatic N) is 2. The van der Waals surface area contributed by atoms with E-state index >= 15 is 0 Å². The van der Waals surface area contributed by atoms with E-state index in [1.807, 2.05) is 17.8 Å². The first-order valence-electron chi connectivity index (χ1n) is 8.58. The molecule has 29 heavy (non-hydrogen) atoms. The Kier molecular flexibility index (Phi) is 6.01. The van der Waals surface area contributed by atoms with E-state index in [4.69, 9.17) is 4.74 Å². The maximum absolute atomic E-state index is 12.5. The standard InChI is InChI=1S/C21H17F3N2O3/c1-26-13-12-25-20(26)14-28-17-9-6-15(7-10-17)18(27)11-8-16-4-2-3-5-19(16)29-21(22,23)24/h2-13H,14H2,1H3. The Bertz CT molecular complexity index is 1010. The smallest absolute Gasteiger partial charge is 0.486 e. The Morgan fingerprint density at radius 2 is 1.86 bits per heavy atom. The van der Waals surface area contributed by atoms with E-state index in [0.717, 1.165) is 5.82 Å². The van der Waals surface area contributed by atoms with Gasteiger partial charge in [-0.1, -0.05) is 18.2 Å². The molecule has 3 aromatic rings. The third-order valence-electron chi connectivity index (χ3n) is 3.99. The number of rotatable bonds is 7. The molecule has 0 radical (unpaired) electrons. The molecule has 0 aliphatic heterocycles. The molecule has 0 amide bonds. The van der Waals surface area contributed by atoms with Crippen LogP contribution in [-0.4, -0.2) is 21.7 Å². The van der Waals surface area contributed by atoms with Gasteiger partial charge in [-0.25, -0.2) is 4.98 Å². The van der Waals surface area contributed by atoms with Gasteiger partial charge in [0.25, 0.3) is 0 Å². The fraction of sp³-hybridized carbons (Fsp3) is 0.143. The molecular weight excluding hydrogens is 385 g/mol. The summed E-state index contributed by atoms with van der Waals surface area (Å²) in [6.07, 6.45) is 1.16. The average Bonchev–Trinajstić information content (AvgIpc) is 3.09. The molecule has 5 nitrogen and oxygen atoms in total. The van der Waals surface area contributed by atoms with E-state index in [0.29, 0.717) is 11.3 Å². The van der Waals surface area contributed by atoms with Crippen LogP contribution >= 0.6 is 0 Å². The first kappa shape index (κ1) is 20.2. The Morgan fingerprint density at radius 3 is 2.52 bits per heavy atom. The number of halogens is 3. The number of benzene rings is 2. The summed E-state index contributed by atoms with van der Waals surface area (Å²) in [6, 6.07) is 12.0. The molecule has 0 bridgehead atoms. The molecule has 3 rings (SSSR count). The third kappa shape index (κ3) is 5.71. The number of aromatic nitrogens is 2. The SMILES string of the molecule is Cn1ccnc1COc1ccc(C(=O)C=Cc2ccccc2OC(F)(F)F)cc1. The quantitative estimate of drug-likeness (QED) is 0.421. The second kappa shape index (κ2) is 8.64. The maximum atomic E-state index is 12.5. The highest BCUT2D eigenvalue weighted by Crippen LogP contribution is 2.27. The first-order chi connectivity index (χ1) is 13.8. The van der Waals surface area contributed by atoms with Gasteiger partial charge in [-0.2, -0.15) is 0 Å². The highest BCUT2D eigenvalue weighted by molar-refractivity contribution is 6.07. The van der Waals surface area contributed by atoms with Gasteiger partial charge in [0.05, 0.1) is 0 Å². The highest BCUT2D eigenvalue weighted by atomic mass is 19.4. The number of carbonyl (C=O) groups excluding carboxylic acids is 1. The van der Waals surface area contributed by atoms with Crippen LogP contribution in [0, 0.1) is 0 Å². The van der Waals surface area contributed by atoms with Crippen molar-refractivity contribution >= 4 is 11.9 Å². The summed E-state index contributed by atoms with van der Waals surface area (Å²) in [5, 5.41) is 0. The molecule has 0 atom stereocenters. The topological polar surface area (TPSA) is 53.4 Å². The van der Waals surface area contributed by atoms with Crippen molar-refractivity contribution in [1.82, 2.24) is 9.55 Å². The largest absolute Gasteiger partial charge is 0.573 e. The average molecular weight is 402 g/mol. The molecule has 1 heterocycles. The van der Waals surface area contributed by atoms with Gasteiger partial charge in [0.1, 0.15) is 23.9 Å². The van der Waals surface area contributed by atoms with Crippen molar-refractivity contribution in [2.24, 2.45) is 7.05 Å². The Hall–Kier alpha value is -3.55. The molecular formula is C21H17F3N2O3. The van der Waals surface area contributed by atoms with Crippen molar-refractivity contribution in [3.05, 3.63) is 84.0 Å². The lowest BCUT2D eigenvalue weighted by Crippen LogP contribution is -2.17. The van der Waals surface area contributed by atoms with E-state index in [-0.39, 0.29) is 23.7 Å². The van der Waals surface area contributed by atoms with Crippen molar-refractivity contribution in [1.29, 1.82) is 0 Å². The second-order valence-electron chi connectivity index (χ2n) is 6.05. The van der Waals surface area contributed by atoms with Crippen LogP contribution in [0.1, 0.15) is 21.7 Å². The highest BCUT2D eigenvalue weighted by Gasteiger charge is 2.31. The van der Waals surface area contributed by atoms with E-state index in [2.05, 4.69) is 9.72 Å². The molecule has 0 spiro atoms. The molecule has 0 saturated carbocycles. The Labute approximate surface area is 165 Å². The van der Waals surface area contributed by atoms with Gasteiger partial charge in [-0.05, 0) is 42.5 Å². The van der Waals surface area contributed by atoms with E-state index in [1.165, 1.54) is 30.4 Å². The lowest BCUT2D eigenvalue weighted by atomic mass is 10.1. The van der Waals surface area contributed by atoms with Crippen molar-refractivity contribution in [2.75, 3.05) is 0 Å². The number of ether oxygens (including phenoxy) is 2. The summed E-state index contributed by atoms with van der Waals surface area (Å²) in [6.45, 7) is 0.284. The fourth-order valence-corrected chi connectivity index (χ4v) is 2.50. The number of aryl methyl sites for hydroxylation is 1. The lowest BCUT2D eigenvalue weighted by Gasteiger charge is -2.10. The zero-order chi connectivity index (χ0) is 20.9. The number of allylic oxidation sites excluding steroid dienone is 1. The second-order valence-corrected chi connectivity index (χ2v) is 6.05. The van der Waals surface area contributed by atoms with Crippen molar-refractivity contribution in [3.8, 4) is 11.5 Å². The summed E-state index contributed by atoms with van der Waals surface area (Å²) in [7, 11) is 1.86. The van der Waals surface area contributed by atoms with Gasteiger partial charge >= 0.3 is 6.36 Å². The maximum Gasteiger partial charge on any atom is 0.573 e. The van der Waals surface area contributed by atoms with Crippen LogP contribution in [0.2, 0.25) is 0 Å². The minimum absolute atomic E-state index is 0.146. The zero-order valence-corrected chi connectivity index (χ0v) is 15.4. The number of alkyl halides is 3. The molecule has 0 aliphatic rings. The number of carbonyl (C=O) groups is 1. The molecule has 8 heteroatoms. The number of para-hydroxylation sites is 1. The molecule has 0 unspecified atom stereocenters. The monoisotopic (exact) mass is 402 g/mol. The van der Waals surface area contributed by atoms with Crippen LogP contribution < -0.4 is 9.47 Å². The molecule has 2 aromatic carbocycles. The molecule has 1 aromatic heterocycles. The summed E-state index contributed by atoms with van der Waals surface area (Å²) >= 11 is 0. The van der Waals surface area contributed by atoms with Gasteiger partial charge < -0.3 is 14.0 Å². The van der Waals surface area contributed by atoms with Gasteiger partial charge in [0.15, 0.2) is 5.78 Å². The molecule has 0 aliphatic carbocycles. The van der Waals surface area contributed by atoms with Crippen LogP contribution in [0.3, 0.4) is 0 Å². The van der Waals surface area contributed by atoms with Crippen molar-refractivity contribution in [3.63, 3.8) is 0 Å². The minimum Gasteiger partial charge on any atom is -0.486 e. The van der Waals surface area contributed by atoms with Crippen LogP contribution in [0.25, 0.3) is 6.08 Å². The van der Waals surface area contributed by atoms with Gasteiger partial charge in [-0.3, -0.25) is 4.79 Å². The van der Waals surface area contributed by atoms with Crippen molar-refractivity contribution in [2.45, 2.75) is 13.0 Å². The van der Waals surface area contributed by atoms with Crippen molar-refractivity contribution < 1.29 is 27.4 Å². The lowest BCUT2D eigenvalue weighted by molar-refractivity contribution is -0.274. The molecule has 0 fully saturated rings. The normalized spacial score (nSPS) is 11.6. The summed E-state index contributed by atoms with van der Waals surface area (Å²) in [5.41, 5.74) is 0.521. The Morgan fingerprint density at radius 1 is 1.14 bits per heavy atom. The summed E-state index contributed by atoms with van der Waals surface area (Å²) in [5.74, 6) is 0.592. The summed E-state index contributed by atoms with van der Waals surface area (Å²) in [4.78, 5) is 16.5. The number of ketones is 1. The fourth-order valence-electron chi connectivity index (χ4n) is 2.50. The van der Waals surface area contributed by atoms with Crippen LogP contribution in [0.15, 0.2) is 67.0 Å². The van der Waals surface area contributed by atoms with Gasteiger partial charge in [0, 0.05) is 30.6 Å². The molecule has 0 saturated heterocycles. The van der Waals surface area contributed by atoms with Gasteiger partial charge in [-0.15, -0.1) is 13.2 Å². The third-order valence-corrected chi connectivity index (χ3v) is 3.99. The van der Waals surface area contributed by atoms with E-state index in [9.17, 15) is 18.0 Å². The van der Waals surface area contributed by atoms with Crippen LogP contribution in [0.4, 0.5) is 13.2 Å². The molecule has 150 valence electrons. The summed E-state index contributed by atoms with van der Waals surface area (Å²) < 4.78 is 48.8. The van der Waals surface area contributed by atoms with E-state index in [1.54, 1.807) is 36.5 Å². The molecule has 0 N–H and O–H groups in total. The van der Waals surface area contributed by atoms with Gasteiger partial charge in [0.2, 0.25) is 0 Å². The minimum atomic E-state index is -4.81. The predicted octanol–water partition coefficient (Wildman–Crippen LogP) is 4.79. The zero-order valence-electron chi connectivity index (χ0n) is 15.4. The number of hydrogen-bond donors (Lipinski definition) is 0. The van der Waals surface area contributed by atoms with Crippen LogP contribution in [0.5, 0.6) is 11.5 Å². The number of hydrogen-bond acceptors (Lipinski definition) is 4. The van der Waals surface area contributed by atoms with Crippen LogP contribution in [-0.2, 0) is 13.7 Å². The number of imidazole rings is 1. The Balaban J connectivity index is 1.64. The predicted molar refractivity (Wildman–Crippen MR) is 100 cm³/mol. The first-order valence-corrected chi connectivity index (χ1v) is 8.58.